The third-order valence-electron chi connectivity index (χ3n) is 2.82. The molecule has 0 spiro atoms. The largest absolute Gasteiger partial charge is 0.255 e. The van der Waals surface area contributed by atoms with Crippen LogP contribution in [-0.2, 0) is 6.42 Å². The van der Waals surface area contributed by atoms with Crippen molar-refractivity contribution in [2.75, 3.05) is 0 Å². The van der Waals surface area contributed by atoms with Crippen molar-refractivity contribution in [2.45, 2.75) is 40.5 Å². The first-order valence-corrected chi connectivity index (χ1v) is 6.12. The van der Waals surface area contributed by atoms with Crippen LogP contribution in [0.1, 0.15) is 45.2 Å². The molecule has 0 unspecified atom stereocenters. The minimum Gasteiger partial charge on any atom is -0.255 e. The standard InChI is InChI=1S/C15H19F2N/c1-5-6-13-7-8-14(9-15(13)17)12(4)18-11(3)10(2)16/h7-9H,5-6H2,1-4H3/b11-10+,18-12?. The predicted octanol–water partition coefficient (Wildman–Crippen LogP) is 4.81. The lowest BCUT2D eigenvalue weighted by Crippen LogP contribution is -1.99. The van der Waals surface area contributed by atoms with E-state index in [1.807, 2.05) is 13.0 Å². The lowest BCUT2D eigenvalue weighted by Gasteiger charge is -2.05. The van der Waals surface area contributed by atoms with Crippen LogP contribution in [0.5, 0.6) is 0 Å². The van der Waals surface area contributed by atoms with Crippen LogP contribution < -0.4 is 0 Å². The first-order valence-electron chi connectivity index (χ1n) is 6.12. The van der Waals surface area contributed by atoms with Gasteiger partial charge in [0.15, 0.2) is 0 Å². The summed E-state index contributed by atoms with van der Waals surface area (Å²) in [6.45, 7) is 6.72. The minimum absolute atomic E-state index is 0.220. The van der Waals surface area contributed by atoms with E-state index in [4.69, 9.17) is 0 Å². The van der Waals surface area contributed by atoms with Crippen LogP contribution in [0.15, 0.2) is 34.7 Å². The van der Waals surface area contributed by atoms with Crippen molar-refractivity contribution in [3.8, 4) is 0 Å². The molecule has 0 bridgehead atoms. The van der Waals surface area contributed by atoms with Crippen LogP contribution in [0.25, 0.3) is 0 Å². The highest BCUT2D eigenvalue weighted by Crippen LogP contribution is 2.15. The number of aliphatic imine (C=N–C) groups is 1. The lowest BCUT2D eigenvalue weighted by atomic mass is 10.0. The number of rotatable bonds is 4. The highest BCUT2D eigenvalue weighted by atomic mass is 19.1. The highest BCUT2D eigenvalue weighted by molar-refractivity contribution is 5.99. The van der Waals surface area contributed by atoms with E-state index >= 15 is 0 Å². The van der Waals surface area contributed by atoms with Gasteiger partial charge in [0.2, 0.25) is 0 Å². The molecule has 0 N–H and O–H groups in total. The van der Waals surface area contributed by atoms with Gasteiger partial charge in [-0.1, -0.05) is 25.5 Å². The molecular formula is C15H19F2N. The Morgan fingerprint density at radius 2 is 1.89 bits per heavy atom. The van der Waals surface area contributed by atoms with Gasteiger partial charge in [-0.3, -0.25) is 4.99 Å². The third kappa shape index (κ3) is 3.76. The molecule has 1 aromatic rings. The molecule has 18 heavy (non-hydrogen) atoms. The molecule has 0 amide bonds. The molecule has 3 heteroatoms. The first-order chi connectivity index (χ1) is 8.45. The van der Waals surface area contributed by atoms with E-state index < -0.39 is 0 Å². The van der Waals surface area contributed by atoms with E-state index in [2.05, 4.69) is 4.99 Å². The summed E-state index contributed by atoms with van der Waals surface area (Å²) in [4.78, 5) is 4.12. The summed E-state index contributed by atoms with van der Waals surface area (Å²) in [5, 5.41) is 0. The Kier molecular flexibility index (Phi) is 5.20. The molecule has 98 valence electrons. The fourth-order valence-corrected chi connectivity index (χ4v) is 1.64. The van der Waals surface area contributed by atoms with Crippen LogP contribution in [0, 0.1) is 5.82 Å². The predicted molar refractivity (Wildman–Crippen MR) is 72.1 cm³/mol. The van der Waals surface area contributed by atoms with Crippen LogP contribution in [0.2, 0.25) is 0 Å². The van der Waals surface area contributed by atoms with Crippen molar-refractivity contribution in [3.05, 3.63) is 46.7 Å². The molecule has 0 aromatic heterocycles. The number of allylic oxidation sites excluding steroid dienone is 2. The Balaban J connectivity index is 3.05. The summed E-state index contributed by atoms with van der Waals surface area (Å²) in [5.41, 5.74) is 2.34. The second-order valence-corrected chi connectivity index (χ2v) is 4.37. The second kappa shape index (κ2) is 6.43. The van der Waals surface area contributed by atoms with Crippen LogP contribution in [0.3, 0.4) is 0 Å². The topological polar surface area (TPSA) is 12.4 Å². The smallest absolute Gasteiger partial charge is 0.127 e. The van der Waals surface area contributed by atoms with Crippen molar-refractivity contribution in [1.29, 1.82) is 0 Å². The summed E-state index contributed by atoms with van der Waals surface area (Å²) in [5.74, 6) is -0.542. The summed E-state index contributed by atoms with van der Waals surface area (Å²) < 4.78 is 26.7. The average molecular weight is 251 g/mol. The lowest BCUT2D eigenvalue weighted by molar-refractivity contribution is 0.607. The van der Waals surface area contributed by atoms with Crippen LogP contribution in [-0.4, -0.2) is 5.71 Å². The summed E-state index contributed by atoms with van der Waals surface area (Å²) >= 11 is 0. The minimum atomic E-state index is -0.322. The summed E-state index contributed by atoms with van der Waals surface area (Å²) in [6.07, 6.45) is 1.64. The summed E-state index contributed by atoms with van der Waals surface area (Å²) in [6, 6.07) is 5.06. The maximum Gasteiger partial charge on any atom is 0.127 e. The highest BCUT2D eigenvalue weighted by Gasteiger charge is 2.05. The van der Waals surface area contributed by atoms with Gasteiger partial charge >= 0.3 is 0 Å². The van der Waals surface area contributed by atoms with Crippen molar-refractivity contribution in [2.24, 2.45) is 4.99 Å². The van der Waals surface area contributed by atoms with Gasteiger partial charge in [-0.05, 0) is 44.4 Å². The molecule has 0 aliphatic rings. The van der Waals surface area contributed by atoms with Gasteiger partial charge in [0, 0.05) is 5.71 Å². The maximum atomic E-state index is 13.8. The van der Waals surface area contributed by atoms with Gasteiger partial charge in [0.25, 0.3) is 0 Å². The normalized spacial score (nSPS) is 13.6. The Hall–Kier alpha value is -1.51. The molecule has 1 rings (SSSR count). The molecule has 0 aliphatic heterocycles. The quantitative estimate of drug-likeness (QED) is 0.681. The zero-order valence-corrected chi connectivity index (χ0v) is 11.3. The maximum absolute atomic E-state index is 13.8. The first kappa shape index (κ1) is 14.6. The van der Waals surface area contributed by atoms with Gasteiger partial charge in [-0.25, -0.2) is 8.78 Å². The van der Waals surface area contributed by atoms with E-state index in [0.29, 0.717) is 22.5 Å². The van der Waals surface area contributed by atoms with E-state index in [1.165, 1.54) is 13.0 Å². The molecule has 0 saturated carbocycles. The Bertz CT molecular complexity index is 483. The fourth-order valence-electron chi connectivity index (χ4n) is 1.64. The van der Waals surface area contributed by atoms with Gasteiger partial charge in [0.05, 0.1) is 5.70 Å². The number of hydrogen-bond acceptors (Lipinski definition) is 1. The number of aryl methyl sites for hydroxylation is 1. The number of halogens is 2. The molecule has 0 fully saturated rings. The number of nitrogens with zero attached hydrogens (tertiary/aromatic N) is 1. The van der Waals surface area contributed by atoms with Crippen LogP contribution in [0.4, 0.5) is 8.78 Å². The van der Waals surface area contributed by atoms with E-state index in [-0.39, 0.29) is 11.6 Å². The molecule has 0 radical (unpaired) electrons. The van der Waals surface area contributed by atoms with E-state index in [0.717, 1.165) is 12.8 Å². The van der Waals surface area contributed by atoms with E-state index in [9.17, 15) is 8.78 Å². The Labute approximate surface area is 107 Å². The van der Waals surface area contributed by atoms with E-state index in [1.54, 1.807) is 19.9 Å². The van der Waals surface area contributed by atoms with Crippen molar-refractivity contribution in [3.63, 3.8) is 0 Å². The van der Waals surface area contributed by atoms with Crippen molar-refractivity contribution in [1.82, 2.24) is 0 Å². The average Bonchev–Trinajstić information content (AvgIpc) is 2.31. The van der Waals surface area contributed by atoms with Gasteiger partial charge in [-0.15, -0.1) is 0 Å². The molecule has 0 heterocycles. The molecule has 0 atom stereocenters. The SMILES string of the molecule is CCCc1ccc(C(C)=N/C(C)=C(\C)F)cc1F. The zero-order chi connectivity index (χ0) is 13.7. The van der Waals surface area contributed by atoms with Gasteiger partial charge in [-0.2, -0.15) is 0 Å². The molecular weight excluding hydrogens is 232 g/mol. The molecule has 1 nitrogen and oxygen atoms in total. The third-order valence-corrected chi connectivity index (χ3v) is 2.82. The number of benzene rings is 1. The van der Waals surface area contributed by atoms with Gasteiger partial charge in [0.1, 0.15) is 11.6 Å². The Morgan fingerprint density at radius 3 is 2.39 bits per heavy atom. The Morgan fingerprint density at radius 1 is 1.22 bits per heavy atom. The zero-order valence-electron chi connectivity index (χ0n) is 11.3. The van der Waals surface area contributed by atoms with Crippen LogP contribution >= 0.6 is 0 Å². The molecule has 0 aliphatic carbocycles. The van der Waals surface area contributed by atoms with Crippen molar-refractivity contribution < 1.29 is 8.78 Å². The molecule has 1 aromatic carbocycles. The number of hydrogen-bond donors (Lipinski definition) is 0. The summed E-state index contributed by atoms with van der Waals surface area (Å²) in [7, 11) is 0. The fraction of sp³-hybridized carbons (Fsp3) is 0.400. The molecule has 0 saturated heterocycles. The van der Waals surface area contributed by atoms with Crippen molar-refractivity contribution >= 4 is 5.71 Å². The van der Waals surface area contributed by atoms with Gasteiger partial charge < -0.3 is 0 Å². The second-order valence-electron chi connectivity index (χ2n) is 4.37. The monoisotopic (exact) mass is 251 g/mol.